The van der Waals surface area contributed by atoms with Gasteiger partial charge in [0.15, 0.2) is 5.34 Å². The first-order valence-corrected chi connectivity index (χ1v) is 3.41. The molecule has 82 valence electrons. The van der Waals surface area contributed by atoms with Gasteiger partial charge in [-0.05, 0) is 0 Å². The SMILES string of the molecule is CN1C(N)=NC(=O)C1(ON=O)O[N+](=O)[O-]. The van der Waals surface area contributed by atoms with Gasteiger partial charge in [0.2, 0.25) is 5.96 Å². The van der Waals surface area contributed by atoms with Crippen molar-refractivity contribution in [3.63, 3.8) is 0 Å². The lowest BCUT2D eigenvalue weighted by atomic mass is 10.4. The van der Waals surface area contributed by atoms with Crippen LogP contribution in [0, 0.1) is 15.0 Å². The number of rotatable bonds is 4. The van der Waals surface area contributed by atoms with E-state index in [9.17, 15) is 19.8 Å². The second-order valence-electron chi connectivity index (χ2n) is 2.40. The predicted octanol–water partition coefficient (Wildman–Crippen LogP) is -1.67. The fourth-order valence-electron chi connectivity index (χ4n) is 0.913. The van der Waals surface area contributed by atoms with E-state index in [4.69, 9.17) is 5.73 Å². The van der Waals surface area contributed by atoms with Gasteiger partial charge in [-0.15, -0.1) is 15.0 Å². The molecule has 1 aliphatic heterocycles. The number of aliphatic imine (C=N–C) groups is 1. The van der Waals surface area contributed by atoms with Crippen LogP contribution in [0.15, 0.2) is 10.3 Å². The van der Waals surface area contributed by atoms with Crippen molar-refractivity contribution in [2.75, 3.05) is 7.05 Å². The molecule has 0 aromatic rings. The van der Waals surface area contributed by atoms with Crippen LogP contribution in [0.5, 0.6) is 0 Å². The Morgan fingerprint density at radius 3 is 2.67 bits per heavy atom. The molecule has 1 atom stereocenters. The van der Waals surface area contributed by atoms with Crippen LogP contribution in [0.4, 0.5) is 0 Å². The molecule has 11 heteroatoms. The molecule has 11 nitrogen and oxygen atoms in total. The number of carbonyl (C=O) groups excluding carboxylic acids is 1. The Morgan fingerprint density at radius 2 is 2.33 bits per heavy atom. The molecule has 1 aliphatic rings. The molecule has 0 saturated carbocycles. The topological polar surface area (TPSA) is 150 Å². The van der Waals surface area contributed by atoms with Gasteiger partial charge >= 0.3 is 16.9 Å². The standard InChI is InChI=1S/C4H5N5O6/c1-8-3(5)6-2(10)4(8,14-7-11)15-9(12)13/h1H3,(H2,5,6,10). The molecule has 0 radical (unpaired) electrons. The molecule has 2 N–H and O–H groups in total. The average Bonchev–Trinajstić information content (AvgIpc) is 2.31. The summed E-state index contributed by atoms with van der Waals surface area (Å²) in [5.74, 6) is -4.31. The Hall–Kier alpha value is -2.46. The van der Waals surface area contributed by atoms with Crippen molar-refractivity contribution in [2.24, 2.45) is 16.1 Å². The monoisotopic (exact) mass is 219 g/mol. The third-order valence-electron chi connectivity index (χ3n) is 1.63. The molecule has 0 aromatic carbocycles. The highest BCUT2D eigenvalue weighted by Gasteiger charge is 2.56. The first-order chi connectivity index (χ1) is 6.94. The lowest BCUT2D eigenvalue weighted by Crippen LogP contribution is -2.55. The summed E-state index contributed by atoms with van der Waals surface area (Å²) in [6.07, 6.45) is 0. The summed E-state index contributed by atoms with van der Waals surface area (Å²) in [6.45, 7) is 0. The summed E-state index contributed by atoms with van der Waals surface area (Å²) >= 11 is 0. The van der Waals surface area contributed by atoms with Crippen LogP contribution >= 0.6 is 0 Å². The van der Waals surface area contributed by atoms with E-state index in [-0.39, 0.29) is 0 Å². The van der Waals surface area contributed by atoms with Crippen molar-refractivity contribution in [3.05, 3.63) is 15.0 Å². The van der Waals surface area contributed by atoms with E-state index in [0.29, 0.717) is 4.90 Å². The maximum absolute atomic E-state index is 11.2. The molecular formula is C4H5N5O6. The molecule has 0 bridgehead atoms. The van der Waals surface area contributed by atoms with Gasteiger partial charge in [-0.3, -0.25) is 14.5 Å². The van der Waals surface area contributed by atoms with E-state index in [0.717, 1.165) is 7.05 Å². The Morgan fingerprint density at radius 1 is 1.73 bits per heavy atom. The highest BCUT2D eigenvalue weighted by atomic mass is 17.0. The van der Waals surface area contributed by atoms with Crippen molar-refractivity contribution >= 4 is 11.9 Å². The fourth-order valence-corrected chi connectivity index (χ4v) is 0.913. The van der Waals surface area contributed by atoms with Gasteiger partial charge in [0.05, 0.1) is 0 Å². The van der Waals surface area contributed by atoms with Gasteiger partial charge in [-0.1, -0.05) is 0 Å². The fraction of sp³-hybridized carbons (Fsp3) is 0.500. The lowest BCUT2D eigenvalue weighted by molar-refractivity contribution is -0.797. The first kappa shape index (κ1) is 10.6. The van der Waals surface area contributed by atoms with Crippen LogP contribution in [0.3, 0.4) is 0 Å². The molecular weight excluding hydrogens is 214 g/mol. The third-order valence-corrected chi connectivity index (χ3v) is 1.63. The predicted molar refractivity (Wildman–Crippen MR) is 42.1 cm³/mol. The van der Waals surface area contributed by atoms with E-state index in [1.165, 1.54) is 0 Å². The summed E-state index contributed by atoms with van der Waals surface area (Å²) in [7, 11) is 1.11. The number of nitrogens with zero attached hydrogens (tertiary/aromatic N) is 4. The molecule has 0 aromatic heterocycles. The zero-order chi connectivity index (χ0) is 11.6. The van der Waals surface area contributed by atoms with Crippen molar-refractivity contribution < 1.29 is 19.6 Å². The van der Waals surface area contributed by atoms with Crippen LogP contribution in [0.2, 0.25) is 0 Å². The lowest BCUT2D eigenvalue weighted by Gasteiger charge is -2.27. The third kappa shape index (κ3) is 1.49. The van der Waals surface area contributed by atoms with Crippen LogP contribution in [-0.4, -0.2) is 34.8 Å². The Bertz CT molecular complexity index is 353. The minimum Gasteiger partial charge on any atom is -0.369 e. The van der Waals surface area contributed by atoms with Crippen molar-refractivity contribution in [2.45, 2.75) is 5.91 Å². The maximum atomic E-state index is 11.2. The minimum atomic E-state index is -2.66. The molecule has 0 aliphatic carbocycles. The van der Waals surface area contributed by atoms with Crippen LogP contribution < -0.4 is 5.73 Å². The summed E-state index contributed by atoms with van der Waals surface area (Å²) in [6, 6.07) is 0. The summed E-state index contributed by atoms with van der Waals surface area (Å²) in [4.78, 5) is 42.9. The second kappa shape index (κ2) is 3.36. The van der Waals surface area contributed by atoms with Gasteiger partial charge in [-0.2, -0.15) is 4.99 Å². The molecule has 0 saturated heterocycles. The highest BCUT2D eigenvalue weighted by molar-refractivity contribution is 6.02. The second-order valence-corrected chi connectivity index (χ2v) is 2.40. The van der Waals surface area contributed by atoms with E-state index < -0.39 is 22.9 Å². The molecule has 1 heterocycles. The Kier molecular flexibility index (Phi) is 2.38. The normalized spacial score (nSPS) is 24.7. The number of guanidine groups is 1. The zero-order valence-corrected chi connectivity index (χ0v) is 7.32. The molecule has 15 heavy (non-hydrogen) atoms. The Balaban J connectivity index is 3.06. The highest BCUT2D eigenvalue weighted by Crippen LogP contribution is 2.25. The number of amides is 1. The Labute approximate surface area is 81.5 Å². The number of likely N-dealkylation sites (N-methyl/N-ethyl adjacent to an activating group) is 1. The van der Waals surface area contributed by atoms with E-state index in [1.807, 2.05) is 5.34 Å². The first-order valence-electron chi connectivity index (χ1n) is 3.41. The minimum absolute atomic E-state index is 0.398. The summed E-state index contributed by atoms with van der Waals surface area (Å²) in [5.41, 5.74) is 5.18. The maximum Gasteiger partial charge on any atom is 0.444 e. The largest absolute Gasteiger partial charge is 0.444 e. The average molecular weight is 219 g/mol. The molecule has 1 rings (SSSR count). The number of nitrogens with two attached hydrogens (primary N) is 1. The van der Waals surface area contributed by atoms with Gasteiger partial charge in [0.1, 0.15) is 0 Å². The molecule has 0 fully saturated rings. The van der Waals surface area contributed by atoms with Crippen LogP contribution in [0.25, 0.3) is 0 Å². The van der Waals surface area contributed by atoms with Crippen LogP contribution in [0.1, 0.15) is 0 Å². The van der Waals surface area contributed by atoms with Crippen LogP contribution in [-0.2, 0) is 14.5 Å². The molecule has 0 spiro atoms. The van der Waals surface area contributed by atoms with Gasteiger partial charge < -0.3 is 5.73 Å². The number of hydrogen-bond acceptors (Lipinski definition) is 9. The zero-order valence-electron chi connectivity index (χ0n) is 7.32. The van der Waals surface area contributed by atoms with Crippen molar-refractivity contribution in [3.8, 4) is 0 Å². The number of carbonyl (C=O) groups is 1. The number of hydrogen-bond donors (Lipinski definition) is 1. The van der Waals surface area contributed by atoms with Crippen molar-refractivity contribution in [1.29, 1.82) is 0 Å². The van der Waals surface area contributed by atoms with Gasteiger partial charge in [-0.25, -0.2) is 4.84 Å². The van der Waals surface area contributed by atoms with E-state index in [1.54, 1.807) is 0 Å². The van der Waals surface area contributed by atoms with Gasteiger partial charge in [0.25, 0.3) is 0 Å². The van der Waals surface area contributed by atoms with Gasteiger partial charge in [0, 0.05) is 7.05 Å². The summed E-state index contributed by atoms with van der Waals surface area (Å²) in [5, 5.41) is 10.7. The molecule has 1 amide bonds. The van der Waals surface area contributed by atoms with E-state index in [2.05, 4.69) is 14.7 Å². The summed E-state index contributed by atoms with van der Waals surface area (Å²) < 4.78 is 0. The smallest absolute Gasteiger partial charge is 0.369 e. The molecule has 1 unspecified atom stereocenters. The van der Waals surface area contributed by atoms with E-state index >= 15 is 0 Å². The van der Waals surface area contributed by atoms with Crippen molar-refractivity contribution in [1.82, 2.24) is 4.90 Å². The quantitative estimate of drug-likeness (QED) is 0.255.